The summed E-state index contributed by atoms with van der Waals surface area (Å²) in [5, 5.41) is 11.3. The lowest BCUT2D eigenvalue weighted by Gasteiger charge is -2.50. The minimum absolute atomic E-state index is 0.708. The first-order valence-electron chi connectivity index (χ1n) is 17.9. The van der Waals surface area contributed by atoms with Crippen molar-refractivity contribution in [2.75, 3.05) is 13.7 Å². The van der Waals surface area contributed by atoms with Gasteiger partial charge >= 0.3 is 53.7 Å². The third-order valence-electron chi connectivity index (χ3n) is 8.41. The van der Waals surface area contributed by atoms with Gasteiger partial charge in [-0.05, 0) is 6.92 Å². The fourth-order valence-electron chi connectivity index (χ4n) is 6.44. The predicted molar refractivity (Wildman–Crippen MR) is 181 cm³/mol. The summed E-state index contributed by atoms with van der Waals surface area (Å²) in [6, 6.07) is 0. The summed E-state index contributed by atoms with van der Waals surface area (Å²) in [6.45, 7) is 8.60. The Hall–Kier alpha value is -5.01. The molecule has 0 bridgehead atoms. The second-order valence-electron chi connectivity index (χ2n) is 13.2. The number of rotatable bonds is 14. The Kier molecular flexibility index (Phi) is 17.5. The summed E-state index contributed by atoms with van der Waals surface area (Å²) >= 11 is 0. The zero-order chi connectivity index (χ0) is 44.5. The van der Waals surface area contributed by atoms with Gasteiger partial charge < -0.3 is 71.4 Å². The first-order valence-corrected chi connectivity index (χ1v) is 17.9. The van der Waals surface area contributed by atoms with Gasteiger partial charge in [0.25, 0.3) is 0 Å². The van der Waals surface area contributed by atoms with Crippen LogP contribution in [0, 0.1) is 0 Å². The van der Waals surface area contributed by atoms with Crippen molar-refractivity contribution >= 4 is 53.7 Å². The van der Waals surface area contributed by atoms with Crippen LogP contribution in [0.1, 0.15) is 62.3 Å². The second-order valence-corrected chi connectivity index (χ2v) is 13.2. The molecule has 0 aromatic carbocycles. The fourth-order valence-corrected chi connectivity index (χ4v) is 6.44. The molecule has 15 atom stereocenters. The molecule has 0 aromatic heterocycles. The van der Waals surface area contributed by atoms with Crippen LogP contribution in [0.25, 0.3) is 0 Å². The highest BCUT2D eigenvalue weighted by Crippen LogP contribution is 2.38. The van der Waals surface area contributed by atoms with Crippen molar-refractivity contribution in [2.24, 2.45) is 0 Å². The van der Waals surface area contributed by atoms with E-state index in [1.54, 1.807) is 0 Å². The smallest absolute Gasteiger partial charge is 0.339 e. The number of carbonyl (C=O) groups is 9. The average Bonchev–Trinajstić information content (AvgIpc) is 3.10. The Morgan fingerprint density at radius 3 is 1.32 bits per heavy atom. The molecule has 3 aliphatic heterocycles. The average molecular weight is 853 g/mol. The quantitative estimate of drug-likeness (QED) is 0.149. The van der Waals surface area contributed by atoms with Crippen LogP contribution in [-0.2, 0) is 109 Å². The fraction of sp³-hybridized carbons (Fsp3) is 0.743. The highest BCUT2D eigenvalue weighted by molar-refractivity contribution is 5.77. The van der Waals surface area contributed by atoms with Gasteiger partial charge in [-0.3, -0.25) is 38.4 Å². The van der Waals surface area contributed by atoms with Crippen molar-refractivity contribution in [2.45, 2.75) is 154 Å². The van der Waals surface area contributed by atoms with Crippen LogP contribution in [0.15, 0.2) is 0 Å². The molecule has 0 aliphatic carbocycles. The zero-order valence-electron chi connectivity index (χ0n) is 33.7. The lowest BCUT2D eigenvalue weighted by atomic mass is 9.95. The molecule has 3 heterocycles. The van der Waals surface area contributed by atoms with E-state index >= 15 is 0 Å². The molecule has 0 aromatic rings. The zero-order valence-corrected chi connectivity index (χ0v) is 33.7. The Balaban J connectivity index is 2.28. The summed E-state index contributed by atoms with van der Waals surface area (Å²) < 4.78 is 77.9. The van der Waals surface area contributed by atoms with Crippen LogP contribution in [0.4, 0.5) is 0 Å². The van der Waals surface area contributed by atoms with Gasteiger partial charge in [0.05, 0.1) is 13.2 Å². The third kappa shape index (κ3) is 13.2. The number of aliphatic hydroxyl groups is 1. The van der Waals surface area contributed by atoms with Gasteiger partial charge in [-0.2, -0.15) is 0 Å². The number of ether oxygens (including phenoxy) is 14. The molecule has 0 amide bonds. The topological polar surface area (TPSA) is 303 Å². The van der Waals surface area contributed by atoms with Gasteiger partial charge in [-0.25, -0.2) is 4.79 Å². The van der Waals surface area contributed by atoms with Crippen LogP contribution in [-0.4, -0.2) is 165 Å². The van der Waals surface area contributed by atoms with Crippen molar-refractivity contribution in [3.8, 4) is 0 Å². The lowest BCUT2D eigenvalue weighted by molar-refractivity contribution is -0.388. The van der Waals surface area contributed by atoms with Crippen molar-refractivity contribution in [1.29, 1.82) is 0 Å². The molecule has 0 unspecified atom stereocenters. The highest BCUT2D eigenvalue weighted by Gasteiger charge is 2.60. The van der Waals surface area contributed by atoms with Crippen LogP contribution < -0.4 is 0 Å². The number of methoxy groups -OCH3 is 1. The number of esters is 9. The van der Waals surface area contributed by atoms with E-state index in [1.165, 1.54) is 6.92 Å². The summed E-state index contributed by atoms with van der Waals surface area (Å²) in [6.07, 6.45) is -27.0. The number of carbonyl (C=O) groups excluding carboxylic acids is 9. The summed E-state index contributed by atoms with van der Waals surface area (Å²) in [7, 11) is 0.958. The van der Waals surface area contributed by atoms with Gasteiger partial charge in [0.2, 0.25) is 0 Å². The Bertz CT molecular complexity index is 1580. The van der Waals surface area contributed by atoms with E-state index in [0.29, 0.717) is 0 Å². The minimum Gasteiger partial charge on any atom is -0.467 e. The maximum atomic E-state index is 12.7. The standard InChI is InChI=1S/C35H48O24/c1-12-22(49-14(3)37)24(51-16(5)39)30(55-20(9)43)34(48-12)59-31-25(52-17(6)40)23(50-15(4)38)21(11-47-13(2)36)56-35(31)58-29-27(54-19(8)42)26(53-18(7)41)28(32(44)46-10)57-33(29)45/h12,21-31,33-35,45H,11H2,1-10H3/t12-,21+,22-,23-,24+,25-,26-,27-,28-,29+,30+,31+,33-,34-,35-/m0/s1. The summed E-state index contributed by atoms with van der Waals surface area (Å²) in [5.41, 5.74) is 0. The van der Waals surface area contributed by atoms with Gasteiger partial charge in [0.15, 0.2) is 79.9 Å². The largest absolute Gasteiger partial charge is 0.467 e. The minimum atomic E-state index is -2.25. The highest BCUT2D eigenvalue weighted by atomic mass is 16.8. The summed E-state index contributed by atoms with van der Waals surface area (Å²) in [4.78, 5) is 112. The number of aliphatic hydroxyl groups excluding tert-OH is 1. The second kappa shape index (κ2) is 21.3. The van der Waals surface area contributed by atoms with Gasteiger partial charge in [-0.15, -0.1) is 0 Å². The van der Waals surface area contributed by atoms with Gasteiger partial charge in [-0.1, -0.05) is 0 Å². The lowest BCUT2D eigenvalue weighted by Crippen LogP contribution is -2.68. The molecule has 0 radical (unpaired) electrons. The van der Waals surface area contributed by atoms with Crippen molar-refractivity contribution in [3.05, 3.63) is 0 Å². The molecule has 1 N–H and O–H groups in total. The maximum absolute atomic E-state index is 12.7. The molecular weight excluding hydrogens is 804 g/mol. The molecule has 3 rings (SSSR count). The molecule has 332 valence electrons. The Morgan fingerprint density at radius 2 is 0.847 bits per heavy atom. The molecule has 3 saturated heterocycles. The van der Waals surface area contributed by atoms with E-state index in [1.807, 2.05) is 0 Å². The van der Waals surface area contributed by atoms with Crippen molar-refractivity contribution in [3.63, 3.8) is 0 Å². The van der Waals surface area contributed by atoms with E-state index in [9.17, 15) is 48.3 Å². The summed E-state index contributed by atoms with van der Waals surface area (Å²) in [5.74, 6) is -8.79. The number of hydrogen-bond donors (Lipinski definition) is 1. The molecule has 0 saturated carbocycles. The third-order valence-corrected chi connectivity index (χ3v) is 8.41. The molecule has 59 heavy (non-hydrogen) atoms. The molecule has 24 nitrogen and oxygen atoms in total. The van der Waals surface area contributed by atoms with Crippen LogP contribution in [0.2, 0.25) is 0 Å². The van der Waals surface area contributed by atoms with Gasteiger partial charge in [0.1, 0.15) is 12.7 Å². The van der Waals surface area contributed by atoms with Crippen LogP contribution in [0.3, 0.4) is 0 Å². The molecule has 3 fully saturated rings. The van der Waals surface area contributed by atoms with E-state index in [0.717, 1.165) is 62.5 Å². The van der Waals surface area contributed by atoms with Crippen LogP contribution >= 0.6 is 0 Å². The Labute approximate surface area is 336 Å². The molecule has 24 heteroatoms. The first kappa shape index (κ1) is 48.4. The molecular formula is C35H48O24. The van der Waals surface area contributed by atoms with Crippen LogP contribution in [0.5, 0.6) is 0 Å². The molecule has 0 spiro atoms. The van der Waals surface area contributed by atoms with Gasteiger partial charge in [0, 0.05) is 55.4 Å². The van der Waals surface area contributed by atoms with E-state index in [2.05, 4.69) is 0 Å². The predicted octanol–water partition coefficient (Wildman–Crippen LogP) is -1.80. The van der Waals surface area contributed by atoms with Crippen molar-refractivity contribution < 1.29 is 115 Å². The van der Waals surface area contributed by atoms with E-state index in [4.69, 9.17) is 66.3 Å². The Morgan fingerprint density at radius 1 is 0.458 bits per heavy atom. The van der Waals surface area contributed by atoms with Crippen molar-refractivity contribution in [1.82, 2.24) is 0 Å². The van der Waals surface area contributed by atoms with E-state index in [-0.39, 0.29) is 0 Å². The first-order chi connectivity index (χ1) is 27.5. The normalized spacial score (nSPS) is 34.1. The monoisotopic (exact) mass is 852 g/mol. The number of hydrogen-bond acceptors (Lipinski definition) is 24. The van der Waals surface area contributed by atoms with E-state index < -0.39 is 152 Å². The molecule has 3 aliphatic rings. The SMILES string of the molecule is COC(=O)[C@H]1O[C@H](O)[C@H](O[C@@H]2O[C@H](COC(C)=O)[C@H](OC(C)=O)[C@H](OC(C)=O)[C@H]2O[C@@H]2O[C@@H](C)[C@H](OC(C)=O)[C@@H](OC(C)=O)[C@H]2OC(C)=O)[C@@H](OC(C)=O)[C@@H]1OC(C)=O. The maximum Gasteiger partial charge on any atom is 0.339 e.